The smallest absolute Gasteiger partial charge is 0.258 e. The maximum atomic E-state index is 13.3. The zero-order valence-corrected chi connectivity index (χ0v) is 20.7. The Morgan fingerprint density at radius 2 is 1.83 bits per heavy atom. The Balaban J connectivity index is 1.30. The largest absolute Gasteiger partial charge is 0.495 e. The Kier molecular flexibility index (Phi) is 7.09. The van der Waals surface area contributed by atoms with Crippen molar-refractivity contribution in [2.75, 3.05) is 45.7 Å². The number of nitrogens with zero attached hydrogens (tertiary/aromatic N) is 3. The number of ether oxygens (including phenoxy) is 1. The number of rotatable bonds is 7. The Hall–Kier alpha value is -2.87. The number of fused-ring (bicyclic) bond motifs is 2. The Morgan fingerprint density at radius 1 is 1.06 bits per heavy atom. The van der Waals surface area contributed by atoms with Gasteiger partial charge in [-0.05, 0) is 68.7 Å². The van der Waals surface area contributed by atoms with E-state index in [9.17, 15) is 9.90 Å². The first-order chi connectivity index (χ1) is 17.0. The molecule has 3 heterocycles. The normalized spacial score (nSPS) is 18.4. The van der Waals surface area contributed by atoms with Crippen molar-refractivity contribution in [3.8, 4) is 5.75 Å². The molecule has 5 rings (SSSR count). The van der Waals surface area contributed by atoms with Crippen LogP contribution < -0.4 is 15.6 Å². The number of aliphatic hydroxyl groups excluding tert-OH is 1. The van der Waals surface area contributed by atoms with Crippen molar-refractivity contribution in [1.82, 2.24) is 14.4 Å². The predicted octanol–water partition coefficient (Wildman–Crippen LogP) is 2.94. The molecule has 0 saturated carbocycles. The highest BCUT2D eigenvalue weighted by atomic mass is 16.5. The summed E-state index contributed by atoms with van der Waals surface area (Å²) in [6.45, 7) is 4.68. The van der Waals surface area contributed by atoms with Crippen molar-refractivity contribution in [2.45, 2.75) is 44.5 Å². The van der Waals surface area contributed by atoms with Crippen molar-refractivity contribution in [3.05, 3.63) is 70.1 Å². The molecule has 1 aromatic heterocycles. The van der Waals surface area contributed by atoms with E-state index in [1.807, 2.05) is 18.2 Å². The second-order valence-electron chi connectivity index (χ2n) is 10.0. The topological polar surface area (TPSA) is 70.0 Å². The average molecular weight is 477 g/mol. The van der Waals surface area contributed by atoms with Crippen LogP contribution in [0.1, 0.15) is 24.0 Å². The number of nitrogens with one attached hydrogen (secondary N) is 1. The van der Waals surface area contributed by atoms with E-state index in [0.29, 0.717) is 23.7 Å². The lowest BCUT2D eigenvalue weighted by Crippen LogP contribution is -2.39. The van der Waals surface area contributed by atoms with Crippen LogP contribution in [-0.2, 0) is 19.5 Å². The van der Waals surface area contributed by atoms with Gasteiger partial charge in [-0.15, -0.1) is 0 Å². The molecule has 0 aliphatic carbocycles. The van der Waals surface area contributed by atoms with Crippen molar-refractivity contribution in [2.24, 2.45) is 0 Å². The molecular formula is C28H36N4O3. The van der Waals surface area contributed by atoms with Crippen LogP contribution in [0, 0.1) is 0 Å². The van der Waals surface area contributed by atoms with Gasteiger partial charge < -0.3 is 24.6 Å². The van der Waals surface area contributed by atoms with E-state index in [0.717, 1.165) is 56.5 Å². The fourth-order valence-electron chi connectivity index (χ4n) is 5.43. The minimum absolute atomic E-state index is 0.102. The number of hydrogen-bond acceptors (Lipinski definition) is 6. The SMILES string of the molecule is COc1cn(C[C@H](O)CN2CCc3ccccc3C2)c(=O)c2ccc(NC3CCN(C)CC3)cc12. The Bertz CT molecular complexity index is 1230. The summed E-state index contributed by atoms with van der Waals surface area (Å²) in [6.07, 6.45) is 4.28. The van der Waals surface area contributed by atoms with Gasteiger partial charge >= 0.3 is 0 Å². The molecule has 1 atom stereocenters. The van der Waals surface area contributed by atoms with E-state index >= 15 is 0 Å². The molecule has 2 aromatic carbocycles. The van der Waals surface area contributed by atoms with Gasteiger partial charge in [-0.2, -0.15) is 0 Å². The molecule has 2 aliphatic heterocycles. The molecule has 2 aliphatic rings. The molecule has 0 unspecified atom stereocenters. The highest BCUT2D eigenvalue weighted by Crippen LogP contribution is 2.27. The van der Waals surface area contributed by atoms with Gasteiger partial charge in [-0.3, -0.25) is 9.69 Å². The monoisotopic (exact) mass is 476 g/mol. The third-order valence-electron chi connectivity index (χ3n) is 7.44. The summed E-state index contributed by atoms with van der Waals surface area (Å²) in [5.41, 5.74) is 3.61. The number of aliphatic hydroxyl groups is 1. The van der Waals surface area contributed by atoms with Gasteiger partial charge in [0.1, 0.15) is 5.75 Å². The van der Waals surface area contributed by atoms with E-state index in [-0.39, 0.29) is 12.1 Å². The Morgan fingerprint density at radius 3 is 2.60 bits per heavy atom. The zero-order chi connectivity index (χ0) is 24.4. The van der Waals surface area contributed by atoms with Crippen LogP contribution in [0.2, 0.25) is 0 Å². The molecule has 3 aromatic rings. The molecule has 0 radical (unpaired) electrons. The first kappa shape index (κ1) is 23.9. The van der Waals surface area contributed by atoms with Crippen LogP contribution in [0.15, 0.2) is 53.5 Å². The van der Waals surface area contributed by atoms with E-state index in [4.69, 9.17) is 4.74 Å². The number of likely N-dealkylation sites (tertiary alicyclic amines) is 1. The summed E-state index contributed by atoms with van der Waals surface area (Å²) >= 11 is 0. The van der Waals surface area contributed by atoms with E-state index in [1.165, 1.54) is 11.1 Å². The Labute approximate surface area is 206 Å². The summed E-state index contributed by atoms with van der Waals surface area (Å²) in [4.78, 5) is 17.9. The highest BCUT2D eigenvalue weighted by Gasteiger charge is 2.20. The lowest BCUT2D eigenvalue weighted by atomic mass is 10.00. The number of methoxy groups -OCH3 is 1. The number of β-amino-alcohol motifs (C(OH)–C–C–N with tert-alkyl or cyclic N) is 1. The number of anilines is 1. The highest BCUT2D eigenvalue weighted by molar-refractivity contribution is 5.90. The molecule has 186 valence electrons. The summed E-state index contributed by atoms with van der Waals surface area (Å²) in [7, 11) is 3.78. The molecule has 1 saturated heterocycles. The van der Waals surface area contributed by atoms with Crippen LogP contribution in [0.3, 0.4) is 0 Å². The number of piperidine rings is 1. The summed E-state index contributed by atoms with van der Waals surface area (Å²) in [5.74, 6) is 0.644. The molecule has 35 heavy (non-hydrogen) atoms. The molecule has 0 bridgehead atoms. The standard InChI is InChI=1S/C28H36N4O3/c1-30-12-10-22(11-13-30)29-23-7-8-25-26(15-23)27(35-2)19-32(28(25)34)18-24(33)17-31-14-9-20-5-3-4-6-21(20)16-31/h3-8,15,19,22,24,29,33H,9-14,16-18H2,1-2H3/t24-/m1/s1. The molecule has 0 spiro atoms. The number of hydrogen-bond donors (Lipinski definition) is 2. The lowest BCUT2D eigenvalue weighted by Gasteiger charge is -2.30. The van der Waals surface area contributed by atoms with E-state index < -0.39 is 6.10 Å². The molecule has 7 heteroatoms. The summed E-state index contributed by atoms with van der Waals surface area (Å²) < 4.78 is 7.26. The minimum Gasteiger partial charge on any atom is -0.495 e. The van der Waals surface area contributed by atoms with Crippen LogP contribution in [-0.4, -0.2) is 72.0 Å². The third-order valence-corrected chi connectivity index (χ3v) is 7.44. The van der Waals surface area contributed by atoms with E-state index in [1.54, 1.807) is 17.9 Å². The van der Waals surface area contributed by atoms with Crippen molar-refractivity contribution < 1.29 is 9.84 Å². The fourth-order valence-corrected chi connectivity index (χ4v) is 5.43. The van der Waals surface area contributed by atoms with Gasteiger partial charge in [0.2, 0.25) is 0 Å². The average Bonchev–Trinajstić information content (AvgIpc) is 2.87. The van der Waals surface area contributed by atoms with Gasteiger partial charge in [-0.1, -0.05) is 24.3 Å². The maximum Gasteiger partial charge on any atom is 0.258 e. The maximum absolute atomic E-state index is 13.3. The number of benzene rings is 2. The molecular weight excluding hydrogens is 440 g/mol. The lowest BCUT2D eigenvalue weighted by molar-refractivity contribution is 0.0909. The minimum atomic E-state index is -0.648. The van der Waals surface area contributed by atoms with Crippen molar-refractivity contribution in [1.29, 1.82) is 0 Å². The van der Waals surface area contributed by atoms with Gasteiger partial charge in [-0.25, -0.2) is 0 Å². The summed E-state index contributed by atoms with van der Waals surface area (Å²) in [6, 6.07) is 14.8. The quantitative estimate of drug-likeness (QED) is 0.547. The van der Waals surface area contributed by atoms with Crippen molar-refractivity contribution in [3.63, 3.8) is 0 Å². The van der Waals surface area contributed by atoms with Gasteiger partial charge in [0.15, 0.2) is 0 Å². The van der Waals surface area contributed by atoms with Crippen molar-refractivity contribution >= 4 is 16.5 Å². The van der Waals surface area contributed by atoms with Crippen LogP contribution in [0.4, 0.5) is 5.69 Å². The summed E-state index contributed by atoms with van der Waals surface area (Å²) in [5, 5.41) is 15.9. The second kappa shape index (κ2) is 10.4. The van der Waals surface area contributed by atoms with E-state index in [2.05, 4.69) is 46.4 Å². The third kappa shape index (κ3) is 5.37. The number of aromatic nitrogens is 1. The van der Waals surface area contributed by atoms with Gasteiger partial charge in [0.25, 0.3) is 5.56 Å². The predicted molar refractivity (Wildman–Crippen MR) is 140 cm³/mol. The fraction of sp³-hybridized carbons (Fsp3) is 0.464. The van der Waals surface area contributed by atoms with Gasteiger partial charge in [0.05, 0.1) is 25.1 Å². The molecule has 0 amide bonds. The van der Waals surface area contributed by atoms with Crippen LogP contribution >= 0.6 is 0 Å². The first-order valence-electron chi connectivity index (χ1n) is 12.6. The molecule has 1 fully saturated rings. The molecule has 2 N–H and O–H groups in total. The molecule has 7 nitrogen and oxygen atoms in total. The van der Waals surface area contributed by atoms with Gasteiger partial charge in [0, 0.05) is 42.9 Å². The van der Waals surface area contributed by atoms with Crippen LogP contribution in [0.5, 0.6) is 5.75 Å². The zero-order valence-electron chi connectivity index (χ0n) is 20.7. The first-order valence-corrected chi connectivity index (χ1v) is 12.6. The number of pyridine rings is 1. The van der Waals surface area contributed by atoms with Crippen LogP contribution in [0.25, 0.3) is 10.8 Å². The second-order valence-corrected chi connectivity index (χ2v) is 10.0.